The summed E-state index contributed by atoms with van der Waals surface area (Å²) in [4.78, 5) is 12.1. The highest BCUT2D eigenvalue weighted by atomic mass is 19.1. The Kier molecular flexibility index (Phi) is 3.97. The highest BCUT2D eigenvalue weighted by Crippen LogP contribution is 2.20. The van der Waals surface area contributed by atoms with Crippen LogP contribution in [-0.4, -0.2) is 18.5 Å². The largest absolute Gasteiger partial charge is 0.326 e. The van der Waals surface area contributed by atoms with Gasteiger partial charge in [-0.05, 0) is 50.9 Å². The number of nitrogens with one attached hydrogen (secondary N) is 2. The van der Waals surface area contributed by atoms with Gasteiger partial charge in [-0.2, -0.15) is 0 Å². The average molecular weight is 250 g/mol. The SMILES string of the molecule is Cc1ccc(NC(=O)C2CCCNC2C)cc1F. The van der Waals surface area contributed by atoms with E-state index in [9.17, 15) is 9.18 Å². The zero-order valence-electron chi connectivity index (χ0n) is 10.8. The second-order valence-corrected chi connectivity index (χ2v) is 4.94. The molecule has 1 heterocycles. The summed E-state index contributed by atoms with van der Waals surface area (Å²) in [6.07, 6.45) is 1.89. The number of amides is 1. The van der Waals surface area contributed by atoms with E-state index in [1.165, 1.54) is 6.07 Å². The van der Waals surface area contributed by atoms with E-state index in [4.69, 9.17) is 0 Å². The van der Waals surface area contributed by atoms with Crippen LogP contribution in [0.5, 0.6) is 0 Å². The van der Waals surface area contributed by atoms with E-state index in [0.29, 0.717) is 11.3 Å². The molecule has 0 spiro atoms. The van der Waals surface area contributed by atoms with Crippen molar-refractivity contribution in [3.8, 4) is 0 Å². The van der Waals surface area contributed by atoms with Gasteiger partial charge >= 0.3 is 0 Å². The van der Waals surface area contributed by atoms with Crippen LogP contribution in [0.15, 0.2) is 18.2 Å². The number of carbonyl (C=O) groups is 1. The molecule has 2 unspecified atom stereocenters. The zero-order chi connectivity index (χ0) is 13.1. The molecule has 3 nitrogen and oxygen atoms in total. The molecular weight excluding hydrogens is 231 g/mol. The van der Waals surface area contributed by atoms with E-state index in [0.717, 1.165) is 19.4 Å². The molecule has 1 aromatic rings. The number of benzene rings is 1. The van der Waals surface area contributed by atoms with Gasteiger partial charge in [0.15, 0.2) is 0 Å². The summed E-state index contributed by atoms with van der Waals surface area (Å²) in [5, 5.41) is 6.08. The summed E-state index contributed by atoms with van der Waals surface area (Å²) in [7, 11) is 0. The minimum Gasteiger partial charge on any atom is -0.326 e. The van der Waals surface area contributed by atoms with E-state index in [-0.39, 0.29) is 23.7 Å². The maximum absolute atomic E-state index is 13.4. The number of rotatable bonds is 2. The van der Waals surface area contributed by atoms with Crippen molar-refractivity contribution >= 4 is 11.6 Å². The Balaban J connectivity index is 2.04. The van der Waals surface area contributed by atoms with E-state index in [1.807, 2.05) is 6.92 Å². The maximum atomic E-state index is 13.4. The highest BCUT2D eigenvalue weighted by Gasteiger charge is 2.27. The Labute approximate surface area is 107 Å². The number of hydrogen-bond acceptors (Lipinski definition) is 2. The molecule has 98 valence electrons. The first-order chi connectivity index (χ1) is 8.58. The first-order valence-corrected chi connectivity index (χ1v) is 6.38. The van der Waals surface area contributed by atoms with Crippen molar-refractivity contribution < 1.29 is 9.18 Å². The predicted octanol–water partition coefficient (Wildman–Crippen LogP) is 2.46. The minimum absolute atomic E-state index is 0.0297. The zero-order valence-corrected chi connectivity index (χ0v) is 10.8. The molecule has 0 radical (unpaired) electrons. The van der Waals surface area contributed by atoms with Gasteiger partial charge in [0.05, 0.1) is 5.92 Å². The molecule has 1 amide bonds. The molecule has 0 aliphatic carbocycles. The van der Waals surface area contributed by atoms with Crippen molar-refractivity contribution in [3.05, 3.63) is 29.6 Å². The molecule has 2 rings (SSSR count). The second-order valence-electron chi connectivity index (χ2n) is 4.94. The van der Waals surface area contributed by atoms with Crippen LogP contribution in [0.25, 0.3) is 0 Å². The third-order valence-electron chi connectivity index (χ3n) is 3.54. The Hall–Kier alpha value is -1.42. The molecule has 0 aromatic heterocycles. The third kappa shape index (κ3) is 2.88. The summed E-state index contributed by atoms with van der Waals surface area (Å²) in [6.45, 7) is 4.68. The Bertz CT molecular complexity index is 447. The monoisotopic (exact) mass is 250 g/mol. The van der Waals surface area contributed by atoms with Gasteiger partial charge in [-0.25, -0.2) is 4.39 Å². The summed E-state index contributed by atoms with van der Waals surface area (Å²) in [5.74, 6) is -0.358. The molecule has 1 aliphatic rings. The lowest BCUT2D eigenvalue weighted by atomic mass is 9.91. The van der Waals surface area contributed by atoms with Gasteiger partial charge in [-0.15, -0.1) is 0 Å². The first kappa shape index (κ1) is 13.0. The summed E-state index contributed by atoms with van der Waals surface area (Å²) < 4.78 is 13.4. The summed E-state index contributed by atoms with van der Waals surface area (Å²) in [6, 6.07) is 4.95. The van der Waals surface area contributed by atoms with Crippen LogP contribution in [0.3, 0.4) is 0 Å². The molecule has 1 fully saturated rings. The van der Waals surface area contributed by atoms with Crippen molar-refractivity contribution in [3.63, 3.8) is 0 Å². The molecule has 18 heavy (non-hydrogen) atoms. The number of hydrogen-bond donors (Lipinski definition) is 2. The molecule has 4 heteroatoms. The van der Waals surface area contributed by atoms with Crippen molar-refractivity contribution in [2.75, 3.05) is 11.9 Å². The molecule has 1 aliphatic heterocycles. The lowest BCUT2D eigenvalue weighted by molar-refractivity contribution is -0.121. The number of aryl methyl sites for hydroxylation is 1. The molecule has 2 atom stereocenters. The fraction of sp³-hybridized carbons (Fsp3) is 0.500. The van der Waals surface area contributed by atoms with Crippen LogP contribution in [0.1, 0.15) is 25.3 Å². The van der Waals surface area contributed by atoms with Crippen LogP contribution < -0.4 is 10.6 Å². The molecule has 1 saturated heterocycles. The fourth-order valence-electron chi connectivity index (χ4n) is 2.31. The molecule has 0 saturated carbocycles. The Morgan fingerprint density at radius 2 is 2.28 bits per heavy atom. The lowest BCUT2D eigenvalue weighted by Gasteiger charge is -2.28. The molecule has 1 aromatic carbocycles. The van der Waals surface area contributed by atoms with Crippen LogP contribution in [0, 0.1) is 18.7 Å². The van der Waals surface area contributed by atoms with Crippen LogP contribution in [0.4, 0.5) is 10.1 Å². The number of anilines is 1. The normalized spacial score (nSPS) is 23.7. The average Bonchev–Trinajstić information content (AvgIpc) is 2.34. The van der Waals surface area contributed by atoms with Crippen LogP contribution in [-0.2, 0) is 4.79 Å². The van der Waals surface area contributed by atoms with Gasteiger partial charge in [-0.1, -0.05) is 6.07 Å². The highest BCUT2D eigenvalue weighted by molar-refractivity contribution is 5.93. The summed E-state index contributed by atoms with van der Waals surface area (Å²) in [5.41, 5.74) is 1.11. The fourth-order valence-corrected chi connectivity index (χ4v) is 2.31. The van der Waals surface area contributed by atoms with E-state index in [2.05, 4.69) is 10.6 Å². The summed E-state index contributed by atoms with van der Waals surface area (Å²) >= 11 is 0. The van der Waals surface area contributed by atoms with Gasteiger partial charge in [0.25, 0.3) is 0 Å². The van der Waals surface area contributed by atoms with Gasteiger partial charge in [0, 0.05) is 11.7 Å². The van der Waals surface area contributed by atoms with Crippen molar-refractivity contribution in [1.29, 1.82) is 0 Å². The standard InChI is InChI=1S/C14H19FN2O/c1-9-5-6-11(8-13(9)15)17-14(18)12-4-3-7-16-10(12)2/h5-6,8,10,12,16H,3-4,7H2,1-2H3,(H,17,18). The van der Waals surface area contributed by atoms with Crippen molar-refractivity contribution in [2.45, 2.75) is 32.7 Å². The van der Waals surface area contributed by atoms with Crippen LogP contribution in [0.2, 0.25) is 0 Å². The minimum atomic E-state index is -0.289. The van der Waals surface area contributed by atoms with E-state index < -0.39 is 0 Å². The smallest absolute Gasteiger partial charge is 0.229 e. The Morgan fingerprint density at radius 1 is 1.50 bits per heavy atom. The van der Waals surface area contributed by atoms with Crippen molar-refractivity contribution in [2.24, 2.45) is 5.92 Å². The number of carbonyl (C=O) groups excluding carboxylic acids is 1. The molecule has 0 bridgehead atoms. The first-order valence-electron chi connectivity index (χ1n) is 6.38. The quantitative estimate of drug-likeness (QED) is 0.846. The van der Waals surface area contributed by atoms with Gasteiger partial charge in [0.1, 0.15) is 5.82 Å². The van der Waals surface area contributed by atoms with Gasteiger partial charge < -0.3 is 10.6 Å². The Morgan fingerprint density at radius 3 is 2.94 bits per heavy atom. The van der Waals surface area contributed by atoms with Crippen LogP contribution >= 0.6 is 0 Å². The topological polar surface area (TPSA) is 41.1 Å². The number of halogens is 1. The molecule has 2 N–H and O–H groups in total. The van der Waals surface area contributed by atoms with Gasteiger partial charge in [0.2, 0.25) is 5.91 Å². The lowest BCUT2D eigenvalue weighted by Crippen LogP contribution is -2.44. The van der Waals surface area contributed by atoms with E-state index >= 15 is 0 Å². The predicted molar refractivity (Wildman–Crippen MR) is 70.0 cm³/mol. The van der Waals surface area contributed by atoms with Crippen molar-refractivity contribution in [1.82, 2.24) is 5.32 Å². The second kappa shape index (κ2) is 5.48. The number of piperidine rings is 1. The van der Waals surface area contributed by atoms with Gasteiger partial charge in [-0.3, -0.25) is 4.79 Å². The molecular formula is C14H19FN2O. The third-order valence-corrected chi connectivity index (χ3v) is 3.54. The van der Waals surface area contributed by atoms with E-state index in [1.54, 1.807) is 19.1 Å². The maximum Gasteiger partial charge on any atom is 0.229 e.